The normalized spacial score (nSPS) is 22.5. The molecule has 0 saturated carbocycles. The maximum absolute atomic E-state index is 13.6. The number of Topliss-reactive ketones (excluding diaryl/α,β-unsaturated/α-hetero) is 1. The highest BCUT2D eigenvalue weighted by Crippen LogP contribution is 2.45. The number of halogens is 3. The first-order valence-electron chi connectivity index (χ1n) is 11.3. The van der Waals surface area contributed by atoms with Crippen LogP contribution < -0.4 is 5.32 Å². The summed E-state index contributed by atoms with van der Waals surface area (Å²) in [7, 11) is 1.18. The van der Waals surface area contributed by atoms with E-state index in [1.807, 2.05) is 0 Å². The SMILES string of the molecule is CCOCCOC(=O)C1=C(C)NC2=C(C(=O)C(C(=O)OC)C(C)C2)C1c1ccc(C(F)(F)F)cc1. The van der Waals surface area contributed by atoms with E-state index in [1.54, 1.807) is 20.8 Å². The summed E-state index contributed by atoms with van der Waals surface area (Å²) in [6.07, 6.45) is -4.22. The van der Waals surface area contributed by atoms with Crippen LogP contribution in [0.1, 0.15) is 44.2 Å². The van der Waals surface area contributed by atoms with Gasteiger partial charge in [0.15, 0.2) is 5.78 Å². The number of dihydropyridines is 1. The van der Waals surface area contributed by atoms with Crippen molar-refractivity contribution in [2.75, 3.05) is 26.9 Å². The Morgan fingerprint density at radius 1 is 1.14 bits per heavy atom. The Bertz CT molecular complexity index is 1060. The molecule has 1 aromatic carbocycles. The molecule has 1 aliphatic heterocycles. The lowest BCUT2D eigenvalue weighted by Gasteiger charge is -2.38. The molecule has 190 valence electrons. The van der Waals surface area contributed by atoms with Crippen molar-refractivity contribution in [2.24, 2.45) is 11.8 Å². The fourth-order valence-electron chi connectivity index (χ4n) is 4.56. The topological polar surface area (TPSA) is 90.9 Å². The lowest BCUT2D eigenvalue weighted by atomic mass is 9.69. The second-order valence-corrected chi connectivity index (χ2v) is 8.49. The highest BCUT2D eigenvalue weighted by molar-refractivity contribution is 6.12. The molecule has 0 spiro atoms. The summed E-state index contributed by atoms with van der Waals surface area (Å²) in [5, 5.41) is 3.10. The average molecular weight is 495 g/mol. The predicted molar refractivity (Wildman–Crippen MR) is 119 cm³/mol. The molecule has 3 unspecified atom stereocenters. The Kier molecular flexibility index (Phi) is 8.04. The Hall–Kier alpha value is -3.14. The number of ether oxygens (including phenoxy) is 3. The number of rotatable bonds is 7. The minimum Gasteiger partial charge on any atom is -0.468 e. The number of esters is 2. The molecule has 10 heteroatoms. The highest BCUT2D eigenvalue weighted by Gasteiger charge is 2.47. The molecule has 2 aliphatic rings. The van der Waals surface area contributed by atoms with Crippen molar-refractivity contribution in [3.8, 4) is 0 Å². The summed E-state index contributed by atoms with van der Waals surface area (Å²) >= 11 is 0. The molecule has 0 fully saturated rings. The number of ketones is 1. The van der Waals surface area contributed by atoms with Gasteiger partial charge in [0.1, 0.15) is 12.5 Å². The molecule has 1 heterocycles. The van der Waals surface area contributed by atoms with Crippen LogP contribution in [0.3, 0.4) is 0 Å². The number of carbonyl (C=O) groups excluding carboxylic acids is 3. The summed E-state index contributed by atoms with van der Waals surface area (Å²) in [6.45, 7) is 5.75. The van der Waals surface area contributed by atoms with Crippen molar-refractivity contribution < 1.29 is 41.8 Å². The number of nitrogens with one attached hydrogen (secondary N) is 1. The van der Waals surface area contributed by atoms with Crippen molar-refractivity contribution in [3.05, 3.63) is 57.9 Å². The van der Waals surface area contributed by atoms with Gasteiger partial charge in [-0.15, -0.1) is 0 Å². The minimum atomic E-state index is -4.55. The number of carbonyl (C=O) groups is 3. The van der Waals surface area contributed by atoms with Crippen LogP contribution in [-0.2, 0) is 34.8 Å². The molecule has 0 amide bonds. The minimum absolute atomic E-state index is 0.0368. The summed E-state index contributed by atoms with van der Waals surface area (Å²) in [5.74, 6) is -4.44. The standard InChI is InChI=1S/C25H28F3NO6/c1-5-34-10-11-35-24(32)19-14(3)29-17-12-13(2)18(23(31)33-4)22(30)21(17)20(19)15-6-8-16(9-7-15)25(26,27)28/h6-9,13,18,20,29H,5,10-12H2,1-4H3. The quantitative estimate of drug-likeness (QED) is 0.349. The zero-order valence-electron chi connectivity index (χ0n) is 20.0. The van der Waals surface area contributed by atoms with Gasteiger partial charge in [-0.2, -0.15) is 13.2 Å². The molecular weight excluding hydrogens is 467 g/mol. The van der Waals surface area contributed by atoms with Gasteiger partial charge in [0.05, 0.1) is 24.9 Å². The van der Waals surface area contributed by atoms with Crippen LogP contribution in [0.5, 0.6) is 0 Å². The van der Waals surface area contributed by atoms with Crippen LogP contribution >= 0.6 is 0 Å². The fraction of sp³-hybridized carbons (Fsp3) is 0.480. The van der Waals surface area contributed by atoms with Crippen LogP contribution in [0.15, 0.2) is 46.8 Å². The third-order valence-electron chi connectivity index (χ3n) is 6.20. The van der Waals surface area contributed by atoms with E-state index in [0.717, 1.165) is 12.1 Å². The van der Waals surface area contributed by atoms with Gasteiger partial charge in [-0.1, -0.05) is 19.1 Å². The van der Waals surface area contributed by atoms with E-state index < -0.39 is 41.3 Å². The number of hydrogen-bond donors (Lipinski definition) is 1. The number of hydrogen-bond acceptors (Lipinski definition) is 7. The van der Waals surface area contributed by atoms with E-state index in [4.69, 9.17) is 14.2 Å². The molecule has 0 saturated heterocycles. The molecule has 3 atom stereocenters. The van der Waals surface area contributed by atoms with Crippen LogP contribution in [0, 0.1) is 11.8 Å². The maximum atomic E-state index is 13.6. The summed E-state index contributed by atoms with van der Waals surface area (Å²) in [4.78, 5) is 39.1. The third kappa shape index (κ3) is 5.42. The summed E-state index contributed by atoms with van der Waals surface area (Å²) in [5.41, 5.74) is 0.631. The smallest absolute Gasteiger partial charge is 0.416 e. The van der Waals surface area contributed by atoms with Gasteiger partial charge in [-0.25, -0.2) is 4.79 Å². The van der Waals surface area contributed by atoms with Crippen molar-refractivity contribution in [1.82, 2.24) is 5.32 Å². The first-order valence-corrected chi connectivity index (χ1v) is 11.3. The second-order valence-electron chi connectivity index (χ2n) is 8.49. The molecule has 35 heavy (non-hydrogen) atoms. The summed E-state index contributed by atoms with van der Waals surface area (Å²) in [6, 6.07) is 4.28. The highest BCUT2D eigenvalue weighted by atomic mass is 19.4. The van der Waals surface area contributed by atoms with Gasteiger partial charge in [0.2, 0.25) is 0 Å². The molecule has 0 radical (unpaired) electrons. The molecular formula is C25H28F3NO6. The van der Waals surface area contributed by atoms with Crippen LogP contribution in [0.2, 0.25) is 0 Å². The third-order valence-corrected chi connectivity index (χ3v) is 6.20. The van der Waals surface area contributed by atoms with E-state index in [1.165, 1.54) is 19.2 Å². The van der Waals surface area contributed by atoms with Crippen LogP contribution in [0.25, 0.3) is 0 Å². The number of allylic oxidation sites excluding steroid dienone is 3. The Morgan fingerprint density at radius 2 is 1.80 bits per heavy atom. The maximum Gasteiger partial charge on any atom is 0.416 e. The van der Waals surface area contributed by atoms with Crippen LogP contribution in [-0.4, -0.2) is 44.7 Å². The predicted octanol–water partition coefficient (Wildman–Crippen LogP) is 3.90. The zero-order chi connectivity index (χ0) is 25.9. The zero-order valence-corrected chi connectivity index (χ0v) is 20.0. The number of alkyl halides is 3. The van der Waals surface area contributed by atoms with Gasteiger partial charge >= 0.3 is 18.1 Å². The first-order chi connectivity index (χ1) is 16.5. The molecule has 7 nitrogen and oxygen atoms in total. The molecule has 1 aliphatic carbocycles. The second kappa shape index (κ2) is 10.6. The molecule has 0 bridgehead atoms. The van der Waals surface area contributed by atoms with E-state index in [2.05, 4.69) is 5.32 Å². The van der Waals surface area contributed by atoms with Crippen molar-refractivity contribution in [2.45, 2.75) is 39.3 Å². The van der Waals surface area contributed by atoms with Crippen molar-refractivity contribution in [1.29, 1.82) is 0 Å². The van der Waals surface area contributed by atoms with E-state index >= 15 is 0 Å². The monoisotopic (exact) mass is 495 g/mol. The lowest BCUT2D eigenvalue weighted by Crippen LogP contribution is -2.43. The molecule has 1 aromatic rings. The van der Waals surface area contributed by atoms with Gasteiger partial charge in [0, 0.05) is 29.5 Å². The molecule has 0 aromatic heterocycles. The fourth-order valence-corrected chi connectivity index (χ4v) is 4.56. The lowest BCUT2D eigenvalue weighted by molar-refractivity contribution is -0.151. The number of methoxy groups -OCH3 is 1. The summed E-state index contributed by atoms with van der Waals surface area (Å²) < 4.78 is 54.9. The molecule has 1 N–H and O–H groups in total. The van der Waals surface area contributed by atoms with Gasteiger partial charge in [-0.05, 0) is 43.9 Å². The molecule has 3 rings (SSSR count). The van der Waals surface area contributed by atoms with Crippen molar-refractivity contribution >= 4 is 17.7 Å². The van der Waals surface area contributed by atoms with Gasteiger partial charge in [0.25, 0.3) is 0 Å². The average Bonchev–Trinajstić information content (AvgIpc) is 2.80. The van der Waals surface area contributed by atoms with Crippen LogP contribution in [0.4, 0.5) is 13.2 Å². The Labute approximate surface area is 201 Å². The van der Waals surface area contributed by atoms with E-state index in [0.29, 0.717) is 30.0 Å². The Balaban J connectivity index is 2.09. The van der Waals surface area contributed by atoms with E-state index in [-0.39, 0.29) is 30.3 Å². The van der Waals surface area contributed by atoms with Gasteiger partial charge in [-0.3, -0.25) is 9.59 Å². The van der Waals surface area contributed by atoms with Gasteiger partial charge < -0.3 is 19.5 Å². The van der Waals surface area contributed by atoms with Crippen molar-refractivity contribution in [3.63, 3.8) is 0 Å². The largest absolute Gasteiger partial charge is 0.468 e. The van der Waals surface area contributed by atoms with E-state index in [9.17, 15) is 27.6 Å². The number of benzene rings is 1. The first kappa shape index (κ1) is 26.5. The Morgan fingerprint density at radius 3 is 2.37 bits per heavy atom.